The third-order valence-electron chi connectivity index (χ3n) is 12.3. The van der Waals surface area contributed by atoms with Crippen LogP contribution in [0.2, 0.25) is 0 Å². The van der Waals surface area contributed by atoms with Crippen LogP contribution in [-0.2, 0) is 25.5 Å². The second-order valence-corrected chi connectivity index (χ2v) is 19.2. The van der Waals surface area contributed by atoms with Crippen molar-refractivity contribution < 1.29 is 28.7 Å². The van der Waals surface area contributed by atoms with Gasteiger partial charge in [-0.1, -0.05) is 45.9 Å². The van der Waals surface area contributed by atoms with Crippen LogP contribution < -0.4 is 10.6 Å². The monoisotopic (exact) mass is 851 g/mol. The van der Waals surface area contributed by atoms with Crippen molar-refractivity contribution in [2.45, 2.75) is 110 Å². The number of aromatic nitrogens is 2. The number of benzene rings is 2. The molecule has 6 atom stereocenters. The summed E-state index contributed by atoms with van der Waals surface area (Å²) in [7, 11) is 2.61. The van der Waals surface area contributed by atoms with Crippen molar-refractivity contribution in [2.75, 3.05) is 14.2 Å². The van der Waals surface area contributed by atoms with Gasteiger partial charge in [0.05, 0.1) is 43.0 Å². The van der Waals surface area contributed by atoms with Crippen molar-refractivity contribution >= 4 is 78.5 Å². The second-order valence-electron chi connectivity index (χ2n) is 17.0. The molecule has 2 fully saturated rings. The number of hydrogen-bond donors (Lipinski definition) is 3. The molecule has 2 saturated heterocycles. The molecule has 4 amide bonds. The Morgan fingerprint density at radius 1 is 0.733 bits per heavy atom. The SMILES string of the molecule is COC(=O)N[C@H](C(=O)N1[C@@H](C)CC[C@H]1C1=Nc2cc(-c3cc4sc(-c5ccc6nc([C@@H]7CC[C@H](C)N7C(=O)[C@@H](NC(=O)OC)C(C)C)[nH]c6c5)cc4s3)ccc2C1)C(C)C. The van der Waals surface area contributed by atoms with Crippen molar-refractivity contribution in [3.8, 4) is 20.9 Å². The molecule has 6 heterocycles. The predicted octanol–water partition coefficient (Wildman–Crippen LogP) is 8.99. The van der Waals surface area contributed by atoms with Crippen LogP contribution in [0, 0.1) is 11.8 Å². The number of nitrogens with one attached hydrogen (secondary N) is 3. The molecular formula is C45H53N7O6S2. The minimum Gasteiger partial charge on any atom is -0.453 e. The van der Waals surface area contributed by atoms with Gasteiger partial charge in [0.1, 0.15) is 17.9 Å². The Labute approximate surface area is 357 Å². The summed E-state index contributed by atoms with van der Waals surface area (Å²) in [6, 6.07) is 15.6. The lowest BCUT2D eigenvalue weighted by atomic mass is 9.99. The van der Waals surface area contributed by atoms with Gasteiger partial charge in [-0.25, -0.2) is 14.6 Å². The van der Waals surface area contributed by atoms with Gasteiger partial charge in [0.15, 0.2) is 0 Å². The lowest BCUT2D eigenvalue weighted by Crippen LogP contribution is -2.55. The van der Waals surface area contributed by atoms with E-state index in [9.17, 15) is 19.2 Å². The first-order valence-corrected chi connectivity index (χ1v) is 22.4. The van der Waals surface area contributed by atoms with Crippen LogP contribution in [0.1, 0.15) is 84.7 Å². The molecule has 15 heteroatoms. The molecule has 3 aromatic heterocycles. The van der Waals surface area contributed by atoms with Crippen LogP contribution in [0.15, 0.2) is 53.5 Å². The zero-order valence-electron chi connectivity index (χ0n) is 35.3. The third kappa shape index (κ3) is 7.77. The molecule has 13 nitrogen and oxygen atoms in total. The predicted molar refractivity (Wildman–Crippen MR) is 237 cm³/mol. The summed E-state index contributed by atoms with van der Waals surface area (Å²) < 4.78 is 12.1. The molecule has 8 rings (SSSR count). The Balaban J connectivity index is 0.990. The molecule has 0 radical (unpaired) electrons. The maximum Gasteiger partial charge on any atom is 0.407 e. The molecule has 0 spiro atoms. The number of rotatable bonds is 10. The van der Waals surface area contributed by atoms with Crippen molar-refractivity contribution in [1.29, 1.82) is 0 Å². The standard InChI is InChI=1S/C45H53N7O6S2/c1-22(2)39(49-44(55)57-7)42(53)51-24(5)9-15-33(51)32-17-26-11-12-27(18-30(26)46-32)35-20-37-38(59-35)21-36(60-37)28-13-14-29-31(19-28)48-41(47-29)34-16-10-25(6)52(34)43(54)40(23(3)4)50-45(56)58-8/h11-14,18-25,33-34,39-40H,9-10,15-17H2,1-8H3,(H,47,48)(H,49,55)(H,50,56)/t24-,25-,33-,34-,39-,40-/m0/s1. The first-order valence-electron chi connectivity index (χ1n) is 20.8. The molecule has 0 saturated carbocycles. The van der Waals surface area contributed by atoms with E-state index < -0.39 is 24.3 Å². The number of likely N-dealkylation sites (tertiary alicyclic amines) is 2. The van der Waals surface area contributed by atoms with Crippen LogP contribution in [0.25, 0.3) is 41.3 Å². The highest BCUT2D eigenvalue weighted by molar-refractivity contribution is 7.31. The van der Waals surface area contributed by atoms with Crippen molar-refractivity contribution in [3.63, 3.8) is 0 Å². The van der Waals surface area contributed by atoms with E-state index in [1.807, 2.05) is 50.5 Å². The number of aliphatic imine (C=N–C) groups is 1. The van der Waals surface area contributed by atoms with Crippen molar-refractivity contribution in [3.05, 3.63) is 59.9 Å². The first-order chi connectivity index (χ1) is 28.7. The number of carbonyl (C=O) groups is 4. The Morgan fingerprint density at radius 3 is 1.83 bits per heavy atom. The highest BCUT2D eigenvalue weighted by atomic mass is 32.1. The fraction of sp³-hybridized carbons (Fsp3) is 0.467. The van der Waals surface area contributed by atoms with Crippen molar-refractivity contribution in [1.82, 2.24) is 30.4 Å². The van der Waals surface area contributed by atoms with E-state index in [0.717, 1.165) is 75.5 Å². The molecule has 5 aromatic rings. The zero-order valence-corrected chi connectivity index (χ0v) is 37.0. The molecule has 0 unspecified atom stereocenters. The van der Waals surface area contributed by atoms with E-state index in [1.54, 1.807) is 22.7 Å². The summed E-state index contributed by atoms with van der Waals surface area (Å²) in [5, 5.41) is 5.49. The number of methoxy groups -OCH3 is 2. The van der Waals surface area contributed by atoms with Gasteiger partial charge in [-0.05, 0) is 98.4 Å². The van der Waals surface area contributed by atoms with Gasteiger partial charge < -0.3 is 34.9 Å². The number of nitrogens with zero attached hydrogens (tertiary/aromatic N) is 4. The summed E-state index contributed by atoms with van der Waals surface area (Å²) in [4.78, 5) is 71.7. The molecule has 3 aliphatic rings. The van der Waals surface area contributed by atoms with Crippen molar-refractivity contribution in [2.24, 2.45) is 16.8 Å². The number of amides is 4. The molecule has 60 heavy (non-hydrogen) atoms. The molecule has 3 aliphatic heterocycles. The lowest BCUT2D eigenvalue weighted by molar-refractivity contribution is -0.137. The number of hydrogen-bond acceptors (Lipinski definition) is 10. The average Bonchev–Trinajstić information content (AvgIpc) is 4.08. The maximum atomic E-state index is 13.9. The summed E-state index contributed by atoms with van der Waals surface area (Å²) >= 11 is 3.52. The Kier molecular flexibility index (Phi) is 11.5. The smallest absolute Gasteiger partial charge is 0.407 e. The molecule has 3 N–H and O–H groups in total. The highest BCUT2D eigenvalue weighted by Gasteiger charge is 2.43. The van der Waals surface area contributed by atoms with Gasteiger partial charge in [-0.15, -0.1) is 22.7 Å². The lowest BCUT2D eigenvalue weighted by Gasteiger charge is -2.33. The Hall–Kier alpha value is -5.28. The van der Waals surface area contributed by atoms with Crippen LogP contribution >= 0.6 is 22.7 Å². The van der Waals surface area contributed by atoms with Crippen LogP contribution in [-0.4, -0.2) is 93.9 Å². The minimum atomic E-state index is -0.702. The fourth-order valence-electron chi connectivity index (χ4n) is 9.04. The van der Waals surface area contributed by atoms with E-state index >= 15 is 0 Å². The van der Waals surface area contributed by atoms with Gasteiger partial charge in [0.25, 0.3) is 0 Å². The largest absolute Gasteiger partial charge is 0.453 e. The summed E-state index contributed by atoms with van der Waals surface area (Å²) in [6.07, 6.45) is 2.80. The number of aromatic amines is 1. The first kappa shape index (κ1) is 41.5. The number of ether oxygens (including phenoxy) is 2. The molecule has 2 aromatic carbocycles. The molecule has 0 bridgehead atoms. The summed E-state index contributed by atoms with van der Waals surface area (Å²) in [6.45, 7) is 11.8. The fourth-order valence-corrected chi connectivity index (χ4v) is 11.4. The van der Waals surface area contributed by atoms with E-state index in [2.05, 4.69) is 65.0 Å². The third-order valence-corrected chi connectivity index (χ3v) is 14.7. The van der Waals surface area contributed by atoms with Gasteiger partial charge in [0, 0.05) is 43.4 Å². The molecule has 0 aliphatic carbocycles. The van der Waals surface area contributed by atoms with E-state index in [0.29, 0.717) is 6.42 Å². The van der Waals surface area contributed by atoms with Gasteiger partial charge in [0.2, 0.25) is 11.8 Å². The van der Waals surface area contributed by atoms with Gasteiger partial charge >= 0.3 is 12.2 Å². The number of imidazole rings is 1. The van der Waals surface area contributed by atoms with Crippen LogP contribution in [0.3, 0.4) is 0 Å². The van der Waals surface area contributed by atoms with Crippen LogP contribution in [0.4, 0.5) is 15.3 Å². The second kappa shape index (κ2) is 16.6. The quantitative estimate of drug-likeness (QED) is 0.127. The zero-order chi connectivity index (χ0) is 42.6. The highest BCUT2D eigenvalue weighted by Crippen LogP contribution is 2.44. The average molecular weight is 852 g/mol. The normalized spacial score (nSPS) is 21.1. The van der Waals surface area contributed by atoms with E-state index in [1.165, 1.54) is 28.5 Å². The number of H-pyrrole nitrogens is 1. The Bertz CT molecular complexity index is 2470. The minimum absolute atomic E-state index is 0.00356. The Morgan fingerprint density at radius 2 is 1.27 bits per heavy atom. The molecule has 316 valence electrons. The van der Waals surface area contributed by atoms with E-state index in [-0.39, 0.29) is 47.8 Å². The number of carbonyl (C=O) groups excluding carboxylic acids is 4. The van der Waals surface area contributed by atoms with Crippen LogP contribution in [0.5, 0.6) is 0 Å². The van der Waals surface area contributed by atoms with Gasteiger partial charge in [-0.3, -0.25) is 14.6 Å². The summed E-state index contributed by atoms with van der Waals surface area (Å²) in [5.41, 5.74) is 7.06. The number of alkyl carbamates (subject to hydrolysis) is 2. The summed E-state index contributed by atoms with van der Waals surface area (Å²) in [5.74, 6) is 0.312. The number of fused-ring (bicyclic) bond motifs is 3. The van der Waals surface area contributed by atoms with E-state index in [4.69, 9.17) is 19.5 Å². The van der Waals surface area contributed by atoms with Gasteiger partial charge in [-0.2, -0.15) is 0 Å². The topological polar surface area (TPSA) is 158 Å². The maximum absolute atomic E-state index is 13.9. The molecular weight excluding hydrogens is 799 g/mol. The number of thiophene rings is 2.